The third kappa shape index (κ3) is 3.75. The zero-order valence-electron chi connectivity index (χ0n) is 15.0. The van der Waals surface area contributed by atoms with Crippen molar-refractivity contribution in [2.45, 2.75) is 19.4 Å². The summed E-state index contributed by atoms with van der Waals surface area (Å²) < 4.78 is 1.72. The topological polar surface area (TPSA) is 66.3 Å². The van der Waals surface area contributed by atoms with E-state index >= 15 is 0 Å². The molecule has 140 valence electrons. The van der Waals surface area contributed by atoms with E-state index in [-0.39, 0.29) is 18.3 Å². The number of halogens is 1. The molecule has 2 aliphatic heterocycles. The first kappa shape index (κ1) is 18.8. The van der Waals surface area contributed by atoms with Crippen molar-refractivity contribution in [3.63, 3.8) is 0 Å². The maximum atomic E-state index is 12.9. The molecule has 2 fully saturated rings. The van der Waals surface area contributed by atoms with Gasteiger partial charge in [0.15, 0.2) is 0 Å². The van der Waals surface area contributed by atoms with Crippen LogP contribution in [0.1, 0.15) is 22.3 Å². The van der Waals surface area contributed by atoms with E-state index in [1.165, 1.54) is 6.33 Å². The Balaban J connectivity index is 0.00000196. The van der Waals surface area contributed by atoms with Gasteiger partial charge in [0.1, 0.15) is 12.7 Å². The first-order valence-electron chi connectivity index (χ1n) is 8.92. The number of aromatic nitrogens is 3. The maximum absolute atomic E-state index is 12.9. The number of nitrogens with zero attached hydrogens (tertiary/aromatic N) is 5. The van der Waals surface area contributed by atoms with Crippen molar-refractivity contribution in [1.82, 2.24) is 29.9 Å². The summed E-state index contributed by atoms with van der Waals surface area (Å²) in [5, 5.41) is 7.55. The molecule has 3 heterocycles. The van der Waals surface area contributed by atoms with E-state index in [2.05, 4.69) is 20.3 Å². The van der Waals surface area contributed by atoms with Crippen LogP contribution in [0.2, 0.25) is 0 Å². The molecule has 1 N–H and O–H groups in total. The summed E-state index contributed by atoms with van der Waals surface area (Å²) in [5.41, 5.74) is 2.73. The lowest BCUT2D eigenvalue weighted by Crippen LogP contribution is -2.49. The number of rotatable bonds is 3. The lowest BCUT2D eigenvalue weighted by Gasteiger charge is -2.32. The molecule has 2 aliphatic rings. The van der Waals surface area contributed by atoms with Crippen molar-refractivity contribution in [3.05, 3.63) is 42.0 Å². The Kier molecular flexibility index (Phi) is 5.90. The number of likely N-dealkylation sites (tertiary alicyclic amines) is 1. The van der Waals surface area contributed by atoms with E-state index in [9.17, 15) is 4.79 Å². The minimum atomic E-state index is 0. The Hall–Kier alpha value is -1.96. The molecule has 1 aromatic heterocycles. The van der Waals surface area contributed by atoms with Crippen molar-refractivity contribution in [2.24, 2.45) is 0 Å². The molecule has 2 aromatic rings. The molecule has 0 spiro atoms. The van der Waals surface area contributed by atoms with Crippen molar-refractivity contribution in [2.75, 3.05) is 39.3 Å². The summed E-state index contributed by atoms with van der Waals surface area (Å²) in [6, 6.07) is 6.30. The Morgan fingerprint density at radius 3 is 2.73 bits per heavy atom. The van der Waals surface area contributed by atoms with E-state index in [1.807, 2.05) is 30.0 Å². The molecule has 0 radical (unpaired) electrons. The van der Waals surface area contributed by atoms with Crippen molar-refractivity contribution in [3.8, 4) is 5.69 Å². The molecule has 26 heavy (non-hydrogen) atoms. The second-order valence-corrected chi connectivity index (χ2v) is 6.82. The molecule has 1 atom stereocenters. The minimum Gasteiger partial charge on any atom is -0.337 e. The third-order valence-corrected chi connectivity index (χ3v) is 5.23. The standard InChI is InChI=1S/C18H24N6O.ClH/c1-14-10-15(2-3-17(14)24-13-20-12-21-24)18(25)23-7-4-16(11-23)22-8-5-19-6-9-22;/h2-3,10,12-13,16,19H,4-9,11H2,1H3;1H. The van der Waals surface area contributed by atoms with Gasteiger partial charge in [0, 0.05) is 50.9 Å². The summed E-state index contributed by atoms with van der Waals surface area (Å²) in [7, 11) is 0. The number of hydrogen-bond acceptors (Lipinski definition) is 5. The Labute approximate surface area is 159 Å². The van der Waals surface area contributed by atoms with Crippen LogP contribution >= 0.6 is 12.4 Å². The average Bonchev–Trinajstić information content (AvgIpc) is 3.34. The van der Waals surface area contributed by atoms with Crippen molar-refractivity contribution >= 4 is 18.3 Å². The van der Waals surface area contributed by atoms with Crippen LogP contribution in [-0.4, -0.2) is 75.8 Å². The van der Waals surface area contributed by atoms with Gasteiger partial charge in [-0.3, -0.25) is 9.69 Å². The van der Waals surface area contributed by atoms with Gasteiger partial charge in [0.25, 0.3) is 5.91 Å². The Morgan fingerprint density at radius 1 is 1.23 bits per heavy atom. The minimum absolute atomic E-state index is 0. The van der Waals surface area contributed by atoms with Crippen LogP contribution in [0, 0.1) is 6.92 Å². The lowest BCUT2D eigenvalue weighted by molar-refractivity contribution is 0.0773. The van der Waals surface area contributed by atoms with Gasteiger partial charge in [-0.25, -0.2) is 9.67 Å². The van der Waals surface area contributed by atoms with E-state index in [0.717, 1.165) is 62.5 Å². The van der Waals surface area contributed by atoms with Gasteiger partial charge in [0.2, 0.25) is 0 Å². The molecular formula is C18H25ClN6O. The smallest absolute Gasteiger partial charge is 0.253 e. The summed E-state index contributed by atoms with van der Waals surface area (Å²) in [4.78, 5) is 21.4. The molecule has 2 saturated heterocycles. The summed E-state index contributed by atoms with van der Waals surface area (Å²) >= 11 is 0. The fourth-order valence-electron chi connectivity index (χ4n) is 3.83. The van der Waals surface area contributed by atoms with Crippen molar-refractivity contribution in [1.29, 1.82) is 0 Å². The number of piperazine rings is 1. The molecule has 0 bridgehead atoms. The van der Waals surface area contributed by atoms with Crippen LogP contribution in [0.4, 0.5) is 0 Å². The highest BCUT2D eigenvalue weighted by Crippen LogP contribution is 2.21. The highest BCUT2D eigenvalue weighted by molar-refractivity contribution is 5.95. The van der Waals surface area contributed by atoms with Crippen LogP contribution in [0.5, 0.6) is 0 Å². The molecular weight excluding hydrogens is 352 g/mol. The first-order valence-corrected chi connectivity index (χ1v) is 8.92. The highest BCUT2D eigenvalue weighted by atomic mass is 35.5. The summed E-state index contributed by atoms with van der Waals surface area (Å²) in [5.74, 6) is 0.130. The molecule has 8 heteroatoms. The van der Waals surface area contributed by atoms with Crippen LogP contribution in [-0.2, 0) is 0 Å². The largest absolute Gasteiger partial charge is 0.337 e. The van der Waals surface area contributed by atoms with Crippen LogP contribution < -0.4 is 5.32 Å². The normalized spacial score (nSPS) is 20.8. The maximum Gasteiger partial charge on any atom is 0.253 e. The molecule has 0 aliphatic carbocycles. The van der Waals surface area contributed by atoms with Gasteiger partial charge in [-0.15, -0.1) is 12.4 Å². The third-order valence-electron chi connectivity index (χ3n) is 5.23. The zero-order valence-corrected chi connectivity index (χ0v) is 15.8. The molecule has 0 saturated carbocycles. The lowest BCUT2D eigenvalue weighted by atomic mass is 10.1. The van der Waals surface area contributed by atoms with Crippen LogP contribution in [0.25, 0.3) is 5.69 Å². The Bertz CT molecular complexity index is 744. The fraction of sp³-hybridized carbons (Fsp3) is 0.500. The monoisotopic (exact) mass is 376 g/mol. The number of aryl methyl sites for hydroxylation is 1. The number of benzene rings is 1. The summed E-state index contributed by atoms with van der Waals surface area (Å²) in [6.45, 7) is 7.94. The molecule has 1 unspecified atom stereocenters. The molecule has 1 aromatic carbocycles. The fourth-order valence-corrected chi connectivity index (χ4v) is 3.83. The van der Waals surface area contributed by atoms with Gasteiger partial charge in [-0.05, 0) is 37.1 Å². The number of hydrogen-bond donors (Lipinski definition) is 1. The average molecular weight is 377 g/mol. The van der Waals surface area contributed by atoms with Gasteiger partial charge in [-0.1, -0.05) is 0 Å². The van der Waals surface area contributed by atoms with E-state index < -0.39 is 0 Å². The quantitative estimate of drug-likeness (QED) is 0.869. The number of carbonyl (C=O) groups excluding carboxylic acids is 1. The van der Waals surface area contributed by atoms with Gasteiger partial charge >= 0.3 is 0 Å². The van der Waals surface area contributed by atoms with E-state index in [1.54, 1.807) is 11.0 Å². The zero-order chi connectivity index (χ0) is 17.2. The second-order valence-electron chi connectivity index (χ2n) is 6.82. The van der Waals surface area contributed by atoms with Gasteiger partial charge in [0.05, 0.1) is 5.69 Å². The van der Waals surface area contributed by atoms with Gasteiger partial charge < -0.3 is 10.2 Å². The predicted molar refractivity (Wildman–Crippen MR) is 102 cm³/mol. The van der Waals surface area contributed by atoms with Crippen LogP contribution in [0.3, 0.4) is 0 Å². The number of nitrogens with one attached hydrogen (secondary N) is 1. The highest BCUT2D eigenvalue weighted by Gasteiger charge is 2.31. The van der Waals surface area contributed by atoms with Crippen molar-refractivity contribution < 1.29 is 4.79 Å². The SMILES string of the molecule is Cc1cc(C(=O)N2CCC(N3CCNCC3)C2)ccc1-n1cncn1.Cl. The molecule has 4 rings (SSSR count). The van der Waals surface area contributed by atoms with E-state index in [0.29, 0.717) is 6.04 Å². The van der Waals surface area contributed by atoms with Gasteiger partial charge in [-0.2, -0.15) is 5.10 Å². The van der Waals surface area contributed by atoms with Crippen LogP contribution in [0.15, 0.2) is 30.9 Å². The van der Waals surface area contributed by atoms with E-state index in [4.69, 9.17) is 0 Å². The second kappa shape index (κ2) is 8.16. The molecule has 1 amide bonds. The number of amides is 1. The Morgan fingerprint density at radius 2 is 2.04 bits per heavy atom. The summed E-state index contributed by atoms with van der Waals surface area (Å²) in [6.07, 6.45) is 4.25. The predicted octanol–water partition coefficient (Wildman–Crippen LogP) is 1.12. The number of carbonyl (C=O) groups is 1. The molecule has 7 nitrogen and oxygen atoms in total. The first-order chi connectivity index (χ1) is 12.2.